The summed E-state index contributed by atoms with van der Waals surface area (Å²) in [6.45, 7) is 6.49. The van der Waals surface area contributed by atoms with Gasteiger partial charge in [-0.1, -0.05) is 36.7 Å². The number of hydrogen-bond donors (Lipinski definition) is 0. The summed E-state index contributed by atoms with van der Waals surface area (Å²) in [5.74, 6) is 2.76. The fourth-order valence-corrected chi connectivity index (χ4v) is 5.14. The van der Waals surface area contributed by atoms with Gasteiger partial charge in [-0.25, -0.2) is 8.42 Å². The lowest BCUT2D eigenvalue weighted by atomic mass is 9.75. The first-order chi connectivity index (χ1) is 8.35. The number of hydrogen-bond acceptors (Lipinski definition) is 2. The number of rotatable bonds is 6. The van der Waals surface area contributed by atoms with Crippen LogP contribution in [0.2, 0.25) is 0 Å². The first-order valence-electron chi connectivity index (χ1n) is 7.20. The van der Waals surface area contributed by atoms with Gasteiger partial charge in [-0.05, 0) is 49.9 Å². The fourth-order valence-electron chi connectivity index (χ4n) is 2.91. The highest BCUT2D eigenvalue weighted by Crippen LogP contribution is 2.39. The number of alkyl halides is 1. The summed E-state index contributed by atoms with van der Waals surface area (Å²) in [7, 11) is -2.81. The molecule has 0 bridgehead atoms. The third-order valence-electron chi connectivity index (χ3n) is 4.19. The van der Waals surface area contributed by atoms with Crippen LogP contribution in [0.4, 0.5) is 0 Å². The summed E-state index contributed by atoms with van der Waals surface area (Å²) >= 11 is 3.74. The van der Waals surface area contributed by atoms with Crippen LogP contribution in [0.15, 0.2) is 0 Å². The molecule has 108 valence electrons. The van der Waals surface area contributed by atoms with E-state index in [4.69, 9.17) is 0 Å². The van der Waals surface area contributed by atoms with Crippen molar-refractivity contribution in [2.24, 2.45) is 17.8 Å². The van der Waals surface area contributed by atoms with Crippen molar-refractivity contribution in [1.29, 1.82) is 0 Å². The molecule has 1 aliphatic carbocycles. The zero-order valence-corrected chi connectivity index (χ0v) is 14.3. The summed E-state index contributed by atoms with van der Waals surface area (Å²) < 4.78 is 23.6. The highest BCUT2D eigenvalue weighted by molar-refractivity contribution is 9.09. The van der Waals surface area contributed by atoms with E-state index in [1.54, 1.807) is 0 Å². The van der Waals surface area contributed by atoms with Crippen molar-refractivity contribution in [3.8, 4) is 0 Å². The molecule has 0 aromatic rings. The van der Waals surface area contributed by atoms with Crippen LogP contribution >= 0.6 is 15.9 Å². The Morgan fingerprint density at radius 2 is 1.89 bits per heavy atom. The van der Waals surface area contributed by atoms with E-state index in [0.29, 0.717) is 22.3 Å². The van der Waals surface area contributed by atoms with Crippen LogP contribution in [0.1, 0.15) is 52.9 Å². The minimum Gasteiger partial charge on any atom is -0.229 e. The average Bonchev–Trinajstić information content (AvgIpc) is 2.27. The standard InChI is InChI=1S/C14H27BrO2S/c1-4-8-18(16,17)9-7-13-10-12(11(2)3)5-6-14(13)15/h11-14H,4-10H2,1-3H3. The van der Waals surface area contributed by atoms with E-state index in [9.17, 15) is 8.42 Å². The number of sulfone groups is 1. The van der Waals surface area contributed by atoms with Gasteiger partial charge in [-0.3, -0.25) is 0 Å². The molecule has 1 rings (SSSR count). The summed E-state index contributed by atoms with van der Waals surface area (Å²) in [5.41, 5.74) is 0. The van der Waals surface area contributed by atoms with Gasteiger partial charge in [-0.2, -0.15) is 0 Å². The molecule has 0 aromatic heterocycles. The highest BCUT2D eigenvalue weighted by atomic mass is 79.9. The molecule has 0 amide bonds. The second-order valence-electron chi connectivity index (χ2n) is 6.03. The van der Waals surface area contributed by atoms with Crippen LogP contribution in [0.5, 0.6) is 0 Å². The summed E-state index contributed by atoms with van der Waals surface area (Å²) in [6.07, 6.45) is 5.24. The average molecular weight is 339 g/mol. The van der Waals surface area contributed by atoms with Crippen LogP contribution in [0, 0.1) is 17.8 Å². The Labute approximate surface area is 121 Å². The lowest BCUT2D eigenvalue weighted by Gasteiger charge is -2.35. The van der Waals surface area contributed by atoms with Gasteiger partial charge in [0.15, 0.2) is 0 Å². The molecule has 0 heterocycles. The number of halogens is 1. The van der Waals surface area contributed by atoms with Gasteiger partial charge >= 0.3 is 0 Å². The Hall–Kier alpha value is 0.430. The van der Waals surface area contributed by atoms with Crippen LogP contribution < -0.4 is 0 Å². The molecule has 18 heavy (non-hydrogen) atoms. The molecule has 1 fully saturated rings. The van der Waals surface area contributed by atoms with Crippen molar-refractivity contribution in [1.82, 2.24) is 0 Å². The van der Waals surface area contributed by atoms with Crippen LogP contribution in [-0.4, -0.2) is 24.8 Å². The van der Waals surface area contributed by atoms with Gasteiger partial charge in [0.05, 0.1) is 5.75 Å². The minimum absolute atomic E-state index is 0.348. The van der Waals surface area contributed by atoms with E-state index in [1.807, 2.05) is 6.92 Å². The molecule has 0 aromatic carbocycles. The highest BCUT2D eigenvalue weighted by Gasteiger charge is 2.30. The molecule has 0 radical (unpaired) electrons. The smallest absolute Gasteiger partial charge is 0.150 e. The van der Waals surface area contributed by atoms with E-state index < -0.39 is 9.84 Å². The maximum atomic E-state index is 11.8. The third kappa shape index (κ3) is 5.20. The lowest BCUT2D eigenvalue weighted by molar-refractivity contribution is 0.220. The quantitative estimate of drug-likeness (QED) is 0.685. The molecule has 0 N–H and O–H groups in total. The Bertz CT molecular complexity index is 338. The maximum Gasteiger partial charge on any atom is 0.150 e. The predicted molar refractivity (Wildman–Crippen MR) is 81.9 cm³/mol. The third-order valence-corrected chi connectivity index (χ3v) is 7.28. The van der Waals surface area contributed by atoms with Crippen LogP contribution in [0.25, 0.3) is 0 Å². The van der Waals surface area contributed by atoms with E-state index in [2.05, 4.69) is 29.8 Å². The van der Waals surface area contributed by atoms with Crippen molar-refractivity contribution >= 4 is 25.8 Å². The first kappa shape index (κ1) is 16.5. The van der Waals surface area contributed by atoms with Gasteiger partial charge in [0, 0.05) is 10.6 Å². The molecule has 0 aliphatic heterocycles. The molecule has 0 saturated heterocycles. The van der Waals surface area contributed by atoms with Crippen molar-refractivity contribution in [2.45, 2.75) is 57.7 Å². The second-order valence-corrected chi connectivity index (χ2v) is 9.51. The van der Waals surface area contributed by atoms with Crippen molar-refractivity contribution in [3.63, 3.8) is 0 Å². The molecule has 4 heteroatoms. The van der Waals surface area contributed by atoms with E-state index in [-0.39, 0.29) is 0 Å². The Kier molecular flexibility index (Phi) is 6.66. The predicted octanol–water partition coefficient (Wildman–Crippen LogP) is 4.04. The zero-order valence-electron chi connectivity index (χ0n) is 11.9. The molecular formula is C14H27BrO2S. The summed E-state index contributed by atoms with van der Waals surface area (Å²) in [4.78, 5) is 0.518. The Balaban J connectivity index is 2.49. The van der Waals surface area contributed by atoms with Gasteiger partial charge < -0.3 is 0 Å². The summed E-state index contributed by atoms with van der Waals surface area (Å²) in [5, 5.41) is 0. The SMILES string of the molecule is CCCS(=O)(=O)CCC1CC(C(C)C)CCC1Br. The monoisotopic (exact) mass is 338 g/mol. The van der Waals surface area contributed by atoms with Crippen molar-refractivity contribution in [3.05, 3.63) is 0 Å². The molecule has 2 nitrogen and oxygen atoms in total. The molecule has 3 unspecified atom stereocenters. The summed E-state index contributed by atoms with van der Waals surface area (Å²) in [6, 6.07) is 0. The maximum absolute atomic E-state index is 11.8. The van der Waals surface area contributed by atoms with Crippen LogP contribution in [0.3, 0.4) is 0 Å². The van der Waals surface area contributed by atoms with Gasteiger partial charge in [0.25, 0.3) is 0 Å². The zero-order chi connectivity index (χ0) is 13.8. The van der Waals surface area contributed by atoms with E-state index in [0.717, 1.165) is 24.7 Å². The topological polar surface area (TPSA) is 34.1 Å². The fraction of sp³-hybridized carbons (Fsp3) is 1.00. The molecule has 3 atom stereocenters. The molecule has 1 aliphatic rings. The molecule has 0 spiro atoms. The second kappa shape index (κ2) is 7.28. The van der Waals surface area contributed by atoms with E-state index >= 15 is 0 Å². The largest absolute Gasteiger partial charge is 0.229 e. The normalized spacial score (nSPS) is 29.7. The van der Waals surface area contributed by atoms with Crippen LogP contribution in [-0.2, 0) is 9.84 Å². The van der Waals surface area contributed by atoms with Gasteiger partial charge in [0.2, 0.25) is 0 Å². The molecule has 1 saturated carbocycles. The van der Waals surface area contributed by atoms with Crippen molar-refractivity contribution in [2.75, 3.05) is 11.5 Å². The Morgan fingerprint density at radius 3 is 2.44 bits per heavy atom. The van der Waals surface area contributed by atoms with E-state index in [1.165, 1.54) is 19.3 Å². The van der Waals surface area contributed by atoms with Gasteiger partial charge in [0.1, 0.15) is 9.84 Å². The Morgan fingerprint density at radius 1 is 1.22 bits per heavy atom. The molecular weight excluding hydrogens is 312 g/mol. The van der Waals surface area contributed by atoms with Crippen molar-refractivity contribution < 1.29 is 8.42 Å². The van der Waals surface area contributed by atoms with Gasteiger partial charge in [-0.15, -0.1) is 0 Å². The lowest BCUT2D eigenvalue weighted by Crippen LogP contribution is -2.29. The first-order valence-corrected chi connectivity index (χ1v) is 9.94. The minimum atomic E-state index is -2.81.